The summed E-state index contributed by atoms with van der Waals surface area (Å²) in [6, 6.07) is 13.4. The Morgan fingerprint density at radius 2 is 1.96 bits per heavy atom. The van der Waals surface area contributed by atoms with Crippen LogP contribution in [0.1, 0.15) is 18.4 Å². The summed E-state index contributed by atoms with van der Waals surface area (Å²) >= 11 is 3.40. The fraction of sp³-hybridized carbons (Fsp3) is 0.316. The number of carbonyl (C=O) groups is 1. The van der Waals surface area contributed by atoms with Crippen molar-refractivity contribution in [1.82, 2.24) is 5.32 Å². The first-order chi connectivity index (χ1) is 12.2. The zero-order valence-electron chi connectivity index (χ0n) is 13.8. The average molecular weight is 406 g/mol. The van der Waals surface area contributed by atoms with Crippen molar-refractivity contribution in [3.05, 3.63) is 52.5 Å². The lowest BCUT2D eigenvalue weighted by atomic mass is 10.2. The molecule has 1 amide bonds. The van der Waals surface area contributed by atoms with Crippen molar-refractivity contribution >= 4 is 21.8 Å². The van der Waals surface area contributed by atoms with Crippen molar-refractivity contribution in [2.45, 2.75) is 19.4 Å². The number of hydrogen-bond acceptors (Lipinski definition) is 4. The number of ether oxygens (including phenoxy) is 3. The van der Waals surface area contributed by atoms with Gasteiger partial charge in [0.25, 0.3) is 0 Å². The van der Waals surface area contributed by atoms with Crippen LogP contribution in [0, 0.1) is 0 Å². The second kappa shape index (κ2) is 8.76. The number of hydrogen-bond donors (Lipinski definition) is 1. The summed E-state index contributed by atoms with van der Waals surface area (Å²) in [6.07, 6.45) is 1.10. The van der Waals surface area contributed by atoms with Gasteiger partial charge in [-0.25, -0.2) is 0 Å². The van der Waals surface area contributed by atoms with Crippen molar-refractivity contribution in [2.24, 2.45) is 0 Å². The van der Waals surface area contributed by atoms with E-state index in [9.17, 15) is 4.79 Å². The number of halogens is 1. The predicted octanol–water partition coefficient (Wildman–Crippen LogP) is 3.70. The molecular weight excluding hydrogens is 386 g/mol. The first kappa shape index (κ1) is 17.6. The van der Waals surface area contributed by atoms with Crippen LogP contribution >= 0.6 is 15.9 Å². The van der Waals surface area contributed by atoms with E-state index in [1.165, 1.54) is 0 Å². The summed E-state index contributed by atoms with van der Waals surface area (Å²) in [5.41, 5.74) is 0.989. The van der Waals surface area contributed by atoms with Crippen LogP contribution in [0.5, 0.6) is 17.2 Å². The summed E-state index contributed by atoms with van der Waals surface area (Å²) in [7, 11) is 0. The highest BCUT2D eigenvalue weighted by atomic mass is 79.9. The Morgan fingerprint density at radius 1 is 1.12 bits per heavy atom. The number of fused-ring (bicyclic) bond motifs is 1. The van der Waals surface area contributed by atoms with E-state index in [2.05, 4.69) is 21.2 Å². The lowest BCUT2D eigenvalue weighted by Gasteiger charge is -2.19. The first-order valence-electron chi connectivity index (χ1n) is 8.24. The molecule has 25 heavy (non-hydrogen) atoms. The van der Waals surface area contributed by atoms with E-state index in [1.807, 2.05) is 42.5 Å². The summed E-state index contributed by atoms with van der Waals surface area (Å²) < 4.78 is 17.6. The van der Waals surface area contributed by atoms with E-state index in [-0.39, 0.29) is 5.91 Å². The zero-order chi connectivity index (χ0) is 17.5. The van der Waals surface area contributed by atoms with E-state index in [4.69, 9.17) is 14.2 Å². The van der Waals surface area contributed by atoms with Gasteiger partial charge >= 0.3 is 0 Å². The third-order valence-electron chi connectivity index (χ3n) is 3.71. The van der Waals surface area contributed by atoms with Crippen molar-refractivity contribution in [1.29, 1.82) is 0 Å². The maximum absolute atomic E-state index is 11.9. The molecule has 0 saturated heterocycles. The number of amides is 1. The molecule has 0 aliphatic carbocycles. The maximum atomic E-state index is 11.9. The second-order valence-corrected chi connectivity index (χ2v) is 6.58. The molecule has 1 N–H and O–H groups in total. The van der Waals surface area contributed by atoms with Crippen LogP contribution in [-0.2, 0) is 11.3 Å². The van der Waals surface area contributed by atoms with Gasteiger partial charge < -0.3 is 19.5 Å². The molecule has 2 aromatic carbocycles. The van der Waals surface area contributed by atoms with Crippen LogP contribution in [0.3, 0.4) is 0 Å². The Labute approximate surface area is 155 Å². The molecule has 6 heteroatoms. The smallest absolute Gasteiger partial charge is 0.220 e. The van der Waals surface area contributed by atoms with E-state index in [0.717, 1.165) is 27.3 Å². The fourth-order valence-electron chi connectivity index (χ4n) is 2.47. The van der Waals surface area contributed by atoms with Crippen molar-refractivity contribution in [3.8, 4) is 17.2 Å². The largest absolute Gasteiger partial charge is 0.494 e. The lowest BCUT2D eigenvalue weighted by molar-refractivity contribution is -0.121. The van der Waals surface area contributed by atoms with Crippen LogP contribution in [0.15, 0.2) is 46.9 Å². The molecule has 1 aliphatic rings. The molecule has 2 aromatic rings. The topological polar surface area (TPSA) is 56.8 Å². The van der Waals surface area contributed by atoms with Gasteiger partial charge in [-0.2, -0.15) is 0 Å². The highest BCUT2D eigenvalue weighted by molar-refractivity contribution is 9.10. The third kappa shape index (κ3) is 5.39. The molecular formula is C19H20BrNO4. The zero-order valence-corrected chi connectivity index (χ0v) is 15.4. The molecule has 0 spiro atoms. The Morgan fingerprint density at radius 3 is 2.80 bits per heavy atom. The molecule has 0 atom stereocenters. The van der Waals surface area contributed by atoms with E-state index in [0.29, 0.717) is 39.2 Å². The molecule has 0 saturated carbocycles. The number of nitrogens with one attached hydrogen (secondary N) is 1. The maximum Gasteiger partial charge on any atom is 0.220 e. The Balaban J connectivity index is 1.37. The van der Waals surface area contributed by atoms with Gasteiger partial charge in [-0.15, -0.1) is 0 Å². The van der Waals surface area contributed by atoms with Gasteiger partial charge in [0.1, 0.15) is 19.0 Å². The minimum absolute atomic E-state index is 0.00716. The fourth-order valence-corrected chi connectivity index (χ4v) is 2.84. The second-order valence-electron chi connectivity index (χ2n) is 5.66. The Bertz CT molecular complexity index is 735. The number of benzene rings is 2. The minimum atomic E-state index is 0.00716. The molecule has 5 nitrogen and oxygen atoms in total. The molecule has 132 valence electrons. The first-order valence-corrected chi connectivity index (χ1v) is 9.03. The van der Waals surface area contributed by atoms with Crippen molar-refractivity contribution in [3.63, 3.8) is 0 Å². The molecule has 0 unspecified atom stereocenters. The standard InChI is InChI=1S/C19H20BrNO4/c20-15-3-1-4-16(12-15)23-8-2-5-19(22)21-13-14-6-7-17-18(11-14)25-10-9-24-17/h1,3-4,6-7,11-12H,2,5,8-10,13H2,(H,21,22). The summed E-state index contributed by atoms with van der Waals surface area (Å²) in [5.74, 6) is 2.30. The molecule has 0 fully saturated rings. The van der Waals surface area contributed by atoms with E-state index in [1.54, 1.807) is 0 Å². The van der Waals surface area contributed by atoms with Crippen LogP contribution in [0.4, 0.5) is 0 Å². The van der Waals surface area contributed by atoms with Crippen LogP contribution < -0.4 is 19.5 Å². The number of carbonyl (C=O) groups excluding carboxylic acids is 1. The molecule has 1 heterocycles. The summed E-state index contributed by atoms with van der Waals surface area (Å²) in [6.45, 7) is 2.11. The van der Waals surface area contributed by atoms with Crippen molar-refractivity contribution in [2.75, 3.05) is 19.8 Å². The van der Waals surface area contributed by atoms with Gasteiger partial charge in [0, 0.05) is 17.4 Å². The molecule has 0 radical (unpaired) electrons. The summed E-state index contributed by atoms with van der Waals surface area (Å²) in [4.78, 5) is 11.9. The van der Waals surface area contributed by atoms with Gasteiger partial charge in [0.15, 0.2) is 11.5 Å². The monoisotopic (exact) mass is 405 g/mol. The van der Waals surface area contributed by atoms with Gasteiger partial charge in [-0.05, 0) is 42.3 Å². The Kier molecular flexibility index (Phi) is 6.17. The predicted molar refractivity (Wildman–Crippen MR) is 98.1 cm³/mol. The molecule has 3 rings (SSSR count). The minimum Gasteiger partial charge on any atom is -0.494 e. The van der Waals surface area contributed by atoms with Gasteiger partial charge in [-0.1, -0.05) is 28.1 Å². The molecule has 0 bridgehead atoms. The highest BCUT2D eigenvalue weighted by Gasteiger charge is 2.12. The Hall–Kier alpha value is -2.21. The molecule has 0 aromatic heterocycles. The third-order valence-corrected chi connectivity index (χ3v) is 4.20. The van der Waals surface area contributed by atoms with Crippen LogP contribution in [-0.4, -0.2) is 25.7 Å². The van der Waals surface area contributed by atoms with E-state index < -0.39 is 0 Å². The van der Waals surface area contributed by atoms with Gasteiger partial charge in [0.2, 0.25) is 5.91 Å². The van der Waals surface area contributed by atoms with E-state index >= 15 is 0 Å². The lowest BCUT2D eigenvalue weighted by Crippen LogP contribution is -2.23. The molecule has 1 aliphatic heterocycles. The highest BCUT2D eigenvalue weighted by Crippen LogP contribution is 2.30. The normalized spacial score (nSPS) is 12.5. The van der Waals surface area contributed by atoms with Crippen LogP contribution in [0.25, 0.3) is 0 Å². The number of rotatable bonds is 7. The van der Waals surface area contributed by atoms with Crippen LogP contribution in [0.2, 0.25) is 0 Å². The summed E-state index contributed by atoms with van der Waals surface area (Å²) in [5, 5.41) is 2.92. The SMILES string of the molecule is O=C(CCCOc1cccc(Br)c1)NCc1ccc2c(c1)OCCO2. The van der Waals surface area contributed by atoms with Gasteiger partial charge in [0.05, 0.1) is 6.61 Å². The quantitative estimate of drug-likeness (QED) is 0.713. The average Bonchev–Trinajstić information content (AvgIpc) is 2.63. The van der Waals surface area contributed by atoms with Gasteiger partial charge in [-0.3, -0.25) is 4.79 Å². The van der Waals surface area contributed by atoms with Crippen molar-refractivity contribution < 1.29 is 19.0 Å².